The molecular formula is C17H19N5O3S. The molecule has 1 aliphatic heterocycles. The van der Waals surface area contributed by atoms with Crippen LogP contribution in [0.1, 0.15) is 42.6 Å². The van der Waals surface area contributed by atoms with Crippen LogP contribution in [0.2, 0.25) is 0 Å². The Morgan fingerprint density at radius 3 is 2.88 bits per heavy atom. The molecule has 2 aliphatic rings. The Bertz CT molecular complexity index is 1050. The molecular weight excluding hydrogens is 354 g/mol. The summed E-state index contributed by atoms with van der Waals surface area (Å²) in [5.74, 6) is 0.395. The Hall–Kier alpha value is -2.26. The molecule has 8 nitrogen and oxygen atoms in total. The minimum Gasteiger partial charge on any atom is -0.356 e. The first-order valence-electron chi connectivity index (χ1n) is 8.83. The fourth-order valence-electron chi connectivity index (χ4n) is 3.52. The predicted octanol–water partition coefficient (Wildman–Crippen LogP) is 2.07. The van der Waals surface area contributed by atoms with Crippen LogP contribution in [0.3, 0.4) is 0 Å². The van der Waals surface area contributed by atoms with Crippen molar-refractivity contribution in [2.24, 2.45) is 0 Å². The largest absolute Gasteiger partial charge is 0.356 e. The highest BCUT2D eigenvalue weighted by molar-refractivity contribution is 7.88. The lowest BCUT2D eigenvalue weighted by atomic mass is 10.2. The van der Waals surface area contributed by atoms with Crippen LogP contribution < -0.4 is 0 Å². The van der Waals surface area contributed by atoms with E-state index in [4.69, 9.17) is 4.52 Å². The molecule has 136 valence electrons. The number of aromatic nitrogens is 4. The van der Waals surface area contributed by atoms with Gasteiger partial charge in [0.15, 0.2) is 5.58 Å². The van der Waals surface area contributed by atoms with E-state index in [0.717, 1.165) is 17.5 Å². The zero-order chi connectivity index (χ0) is 17.7. The number of nitrogens with zero attached hydrogens (tertiary/aromatic N) is 5. The molecule has 5 rings (SSSR count). The number of para-hydroxylation sites is 1. The maximum atomic E-state index is 12.8. The average molecular weight is 373 g/mol. The van der Waals surface area contributed by atoms with Crippen molar-refractivity contribution in [1.82, 2.24) is 24.5 Å². The maximum Gasteiger partial charge on any atom is 0.220 e. The second kappa shape index (κ2) is 5.88. The van der Waals surface area contributed by atoms with Gasteiger partial charge in [0.2, 0.25) is 10.0 Å². The van der Waals surface area contributed by atoms with Gasteiger partial charge < -0.3 is 4.52 Å². The Labute approximate surface area is 150 Å². The summed E-state index contributed by atoms with van der Waals surface area (Å²) in [5, 5.41) is 13.1. The lowest BCUT2D eigenvalue weighted by Crippen LogP contribution is -2.30. The fraction of sp³-hybridized carbons (Fsp3) is 0.471. The molecule has 26 heavy (non-hydrogen) atoms. The molecule has 2 aromatic heterocycles. The van der Waals surface area contributed by atoms with Gasteiger partial charge in [-0.15, -0.1) is 5.10 Å². The van der Waals surface area contributed by atoms with Crippen LogP contribution in [0.25, 0.3) is 11.0 Å². The maximum absolute atomic E-state index is 12.8. The third kappa shape index (κ3) is 2.80. The van der Waals surface area contributed by atoms with Gasteiger partial charge in [0, 0.05) is 30.6 Å². The number of hydrogen-bond donors (Lipinski definition) is 0. The molecule has 0 spiro atoms. The molecule has 1 saturated heterocycles. The molecule has 2 fully saturated rings. The van der Waals surface area contributed by atoms with Gasteiger partial charge in [0.05, 0.1) is 11.7 Å². The first-order chi connectivity index (χ1) is 12.6. The zero-order valence-corrected chi connectivity index (χ0v) is 15.0. The van der Waals surface area contributed by atoms with Crippen LogP contribution in [0.5, 0.6) is 0 Å². The van der Waals surface area contributed by atoms with E-state index in [0.29, 0.717) is 30.3 Å². The summed E-state index contributed by atoms with van der Waals surface area (Å²) in [7, 11) is -3.46. The van der Waals surface area contributed by atoms with Crippen molar-refractivity contribution in [2.45, 2.75) is 37.0 Å². The van der Waals surface area contributed by atoms with Gasteiger partial charge in [-0.05, 0) is 31.4 Å². The van der Waals surface area contributed by atoms with Crippen LogP contribution in [-0.4, -0.2) is 46.0 Å². The second-order valence-electron chi connectivity index (χ2n) is 7.08. The van der Waals surface area contributed by atoms with Crippen molar-refractivity contribution in [2.75, 3.05) is 13.1 Å². The molecule has 1 aromatic carbocycles. The van der Waals surface area contributed by atoms with E-state index in [-0.39, 0.29) is 11.8 Å². The van der Waals surface area contributed by atoms with E-state index in [9.17, 15) is 8.42 Å². The van der Waals surface area contributed by atoms with Crippen molar-refractivity contribution in [3.05, 3.63) is 41.9 Å². The van der Waals surface area contributed by atoms with E-state index < -0.39 is 10.0 Å². The molecule has 0 bridgehead atoms. The van der Waals surface area contributed by atoms with Crippen molar-refractivity contribution in [3.8, 4) is 0 Å². The lowest BCUT2D eigenvalue weighted by molar-refractivity contribution is 0.424. The first-order valence-corrected chi connectivity index (χ1v) is 10.4. The van der Waals surface area contributed by atoms with E-state index in [1.807, 2.05) is 29.1 Å². The monoisotopic (exact) mass is 373 g/mol. The standard InChI is InChI=1S/C17H19N5O3S/c23-26(24,11-16-14-3-1-2-4-17(14)25-19-16)21-8-7-13(9-21)22-10-15(18-20-22)12-5-6-12/h1-4,10,12-13H,5-9,11H2. The molecule has 3 aromatic rings. The highest BCUT2D eigenvalue weighted by atomic mass is 32.2. The van der Waals surface area contributed by atoms with E-state index in [1.165, 1.54) is 17.1 Å². The minimum absolute atomic E-state index is 0.0406. The van der Waals surface area contributed by atoms with Crippen LogP contribution >= 0.6 is 0 Å². The summed E-state index contributed by atoms with van der Waals surface area (Å²) >= 11 is 0. The number of rotatable bonds is 5. The molecule has 1 saturated carbocycles. The average Bonchev–Trinajstić information content (AvgIpc) is 3.04. The number of hydrogen-bond acceptors (Lipinski definition) is 6. The van der Waals surface area contributed by atoms with Crippen LogP contribution in [0.15, 0.2) is 35.0 Å². The summed E-state index contributed by atoms with van der Waals surface area (Å²) in [5.41, 5.74) is 2.09. The van der Waals surface area contributed by atoms with Crippen molar-refractivity contribution < 1.29 is 12.9 Å². The molecule has 0 N–H and O–H groups in total. The number of fused-ring (bicyclic) bond motifs is 1. The van der Waals surface area contributed by atoms with Crippen molar-refractivity contribution in [3.63, 3.8) is 0 Å². The normalized spacial score (nSPS) is 21.6. The Kier molecular flexibility index (Phi) is 3.61. The van der Waals surface area contributed by atoms with Gasteiger partial charge in [-0.3, -0.25) is 0 Å². The van der Waals surface area contributed by atoms with Gasteiger partial charge in [-0.2, -0.15) is 4.31 Å². The SMILES string of the molecule is O=S(=O)(Cc1noc2ccccc12)N1CCC(n2cc(C3CC3)nn2)C1. The molecule has 1 unspecified atom stereocenters. The summed E-state index contributed by atoms with van der Waals surface area (Å²) < 4.78 is 34.3. The molecule has 0 amide bonds. The van der Waals surface area contributed by atoms with Gasteiger partial charge in [-0.25, -0.2) is 13.1 Å². The van der Waals surface area contributed by atoms with Gasteiger partial charge >= 0.3 is 0 Å². The van der Waals surface area contributed by atoms with Crippen LogP contribution in [0.4, 0.5) is 0 Å². The van der Waals surface area contributed by atoms with Gasteiger partial charge in [0.25, 0.3) is 0 Å². The Morgan fingerprint density at radius 1 is 1.19 bits per heavy atom. The van der Waals surface area contributed by atoms with E-state index in [1.54, 1.807) is 6.07 Å². The van der Waals surface area contributed by atoms with E-state index in [2.05, 4.69) is 15.5 Å². The summed E-state index contributed by atoms with van der Waals surface area (Å²) in [6.07, 6.45) is 5.07. The topological polar surface area (TPSA) is 94.1 Å². The summed E-state index contributed by atoms with van der Waals surface area (Å²) in [6.45, 7) is 0.910. The number of sulfonamides is 1. The minimum atomic E-state index is -3.46. The fourth-order valence-corrected chi connectivity index (χ4v) is 5.04. The molecule has 3 heterocycles. The summed E-state index contributed by atoms with van der Waals surface area (Å²) in [6, 6.07) is 7.35. The van der Waals surface area contributed by atoms with Crippen molar-refractivity contribution >= 4 is 21.0 Å². The molecule has 9 heteroatoms. The Morgan fingerprint density at radius 2 is 2.04 bits per heavy atom. The highest BCUT2D eigenvalue weighted by Gasteiger charge is 2.35. The molecule has 1 atom stereocenters. The lowest BCUT2D eigenvalue weighted by Gasteiger charge is -2.15. The van der Waals surface area contributed by atoms with Gasteiger partial charge in [0.1, 0.15) is 11.4 Å². The molecule has 1 aliphatic carbocycles. The summed E-state index contributed by atoms with van der Waals surface area (Å²) in [4.78, 5) is 0. The predicted molar refractivity (Wildman–Crippen MR) is 93.9 cm³/mol. The number of benzene rings is 1. The van der Waals surface area contributed by atoms with Crippen LogP contribution in [0, 0.1) is 0 Å². The highest BCUT2D eigenvalue weighted by Crippen LogP contribution is 2.39. The van der Waals surface area contributed by atoms with Crippen molar-refractivity contribution in [1.29, 1.82) is 0 Å². The molecule has 0 radical (unpaired) electrons. The first kappa shape index (κ1) is 16.0. The van der Waals surface area contributed by atoms with Gasteiger partial charge in [-0.1, -0.05) is 22.5 Å². The third-order valence-electron chi connectivity index (χ3n) is 5.19. The quantitative estimate of drug-likeness (QED) is 0.680. The smallest absolute Gasteiger partial charge is 0.220 e. The third-order valence-corrected chi connectivity index (χ3v) is 6.95. The van der Waals surface area contributed by atoms with E-state index >= 15 is 0 Å². The van der Waals surface area contributed by atoms with Crippen LogP contribution in [-0.2, 0) is 15.8 Å². The second-order valence-corrected chi connectivity index (χ2v) is 9.05. The zero-order valence-electron chi connectivity index (χ0n) is 14.2. The Balaban J connectivity index is 1.32.